The molecule has 212 valence electrons. The fraction of sp³-hybridized carbons (Fsp3) is 0.0238. The first-order valence-corrected chi connectivity index (χ1v) is 16.1. The zero-order chi connectivity index (χ0) is 29.9. The molecule has 0 fully saturated rings. The van der Waals surface area contributed by atoms with E-state index in [4.69, 9.17) is 4.98 Å². The fourth-order valence-electron chi connectivity index (χ4n) is 6.79. The van der Waals surface area contributed by atoms with Crippen LogP contribution in [0.25, 0.3) is 81.3 Å². The molecule has 9 aromatic rings. The first-order valence-electron chi connectivity index (χ1n) is 15.3. The van der Waals surface area contributed by atoms with E-state index in [2.05, 4.69) is 163 Å². The van der Waals surface area contributed by atoms with Gasteiger partial charge in [-0.25, -0.2) is 4.98 Å². The maximum Gasteiger partial charge on any atom is 0.147 e. The summed E-state index contributed by atoms with van der Waals surface area (Å²) < 4.78 is 4.99. The second kappa shape index (κ2) is 10.3. The quantitative estimate of drug-likeness (QED) is 0.199. The summed E-state index contributed by atoms with van der Waals surface area (Å²) in [6.45, 7) is 2.17. The number of aromatic nitrogens is 2. The minimum absolute atomic E-state index is 0.954. The highest BCUT2D eigenvalue weighted by Crippen LogP contribution is 2.45. The highest BCUT2D eigenvalue weighted by atomic mass is 32.1. The summed E-state index contributed by atoms with van der Waals surface area (Å²) in [5.74, 6) is 0.954. The van der Waals surface area contributed by atoms with Crippen molar-refractivity contribution in [3.05, 3.63) is 157 Å². The van der Waals surface area contributed by atoms with Crippen LogP contribution < -0.4 is 0 Å². The summed E-state index contributed by atoms with van der Waals surface area (Å²) in [6.07, 6.45) is 0. The Morgan fingerprint density at radius 2 is 1.18 bits per heavy atom. The van der Waals surface area contributed by atoms with Gasteiger partial charge in [0.2, 0.25) is 0 Å². The Morgan fingerprint density at radius 3 is 1.93 bits per heavy atom. The molecule has 0 atom stereocenters. The number of para-hydroxylation sites is 1. The molecule has 0 spiro atoms. The number of imidazole rings is 1. The number of benzene rings is 7. The van der Waals surface area contributed by atoms with E-state index >= 15 is 0 Å². The van der Waals surface area contributed by atoms with Crippen molar-refractivity contribution in [3.8, 4) is 39.3 Å². The molecule has 0 aliphatic carbocycles. The van der Waals surface area contributed by atoms with Crippen LogP contribution in [0.4, 0.5) is 0 Å². The molecular formula is C42H28N2S. The van der Waals surface area contributed by atoms with Crippen LogP contribution in [-0.2, 0) is 0 Å². The smallest absolute Gasteiger partial charge is 0.147 e. The monoisotopic (exact) mass is 592 g/mol. The van der Waals surface area contributed by atoms with E-state index in [1.54, 1.807) is 0 Å². The number of aryl methyl sites for hydroxylation is 1. The van der Waals surface area contributed by atoms with Crippen molar-refractivity contribution in [2.45, 2.75) is 6.92 Å². The summed E-state index contributed by atoms with van der Waals surface area (Å²) in [4.78, 5) is 5.56. The van der Waals surface area contributed by atoms with Gasteiger partial charge in [0.25, 0.3) is 0 Å². The molecule has 0 saturated heterocycles. The Morgan fingerprint density at radius 1 is 0.533 bits per heavy atom. The first-order chi connectivity index (χ1) is 22.2. The summed E-state index contributed by atoms with van der Waals surface area (Å²) >= 11 is 1.86. The molecule has 0 unspecified atom stereocenters. The van der Waals surface area contributed by atoms with Crippen molar-refractivity contribution < 1.29 is 0 Å². The third-order valence-electron chi connectivity index (χ3n) is 8.87. The topological polar surface area (TPSA) is 17.8 Å². The van der Waals surface area contributed by atoms with Crippen molar-refractivity contribution in [1.29, 1.82) is 0 Å². The third kappa shape index (κ3) is 4.12. The Hall–Kier alpha value is -5.51. The van der Waals surface area contributed by atoms with E-state index in [1.807, 2.05) is 11.3 Å². The highest BCUT2D eigenvalue weighted by Gasteiger charge is 2.24. The van der Waals surface area contributed by atoms with E-state index < -0.39 is 0 Å². The number of hydrogen-bond acceptors (Lipinski definition) is 2. The summed E-state index contributed by atoms with van der Waals surface area (Å²) in [6, 6.07) is 54.7. The van der Waals surface area contributed by atoms with Crippen LogP contribution in [-0.4, -0.2) is 9.55 Å². The van der Waals surface area contributed by atoms with Crippen molar-refractivity contribution in [1.82, 2.24) is 9.55 Å². The van der Waals surface area contributed by atoms with Gasteiger partial charge in [0, 0.05) is 42.2 Å². The van der Waals surface area contributed by atoms with Crippen LogP contribution in [0.2, 0.25) is 0 Å². The van der Waals surface area contributed by atoms with Gasteiger partial charge in [0.1, 0.15) is 5.82 Å². The average molecular weight is 593 g/mol. The number of thiophene rings is 1. The van der Waals surface area contributed by atoms with Crippen LogP contribution >= 0.6 is 11.3 Å². The minimum atomic E-state index is 0.954. The maximum atomic E-state index is 5.56. The molecule has 0 N–H and O–H groups in total. The van der Waals surface area contributed by atoms with E-state index in [9.17, 15) is 0 Å². The van der Waals surface area contributed by atoms with Crippen LogP contribution in [0.15, 0.2) is 152 Å². The third-order valence-corrected chi connectivity index (χ3v) is 10.1. The molecule has 9 rings (SSSR count). The summed E-state index contributed by atoms with van der Waals surface area (Å²) in [5, 5.41) is 4.93. The number of rotatable bonds is 4. The minimum Gasteiger partial charge on any atom is -0.291 e. The molecule has 0 radical (unpaired) electrons. The van der Waals surface area contributed by atoms with Gasteiger partial charge in [0.15, 0.2) is 0 Å². The molecule has 0 amide bonds. The molecule has 3 heteroatoms. The first kappa shape index (κ1) is 25.9. The van der Waals surface area contributed by atoms with E-state index in [0.717, 1.165) is 33.5 Å². The second-order valence-electron chi connectivity index (χ2n) is 11.6. The number of nitrogens with zero attached hydrogens (tertiary/aromatic N) is 2. The Bertz CT molecular complexity index is 2480. The SMILES string of the molecule is Cc1ccc2sc3c(-c4nc5c6ccccc6ccc5n4-c4c(-c5ccccc5)cccc4-c4ccccc4)cccc3c2c1. The average Bonchev–Trinajstić information content (AvgIpc) is 3.67. The van der Waals surface area contributed by atoms with E-state index in [1.165, 1.54) is 53.4 Å². The van der Waals surface area contributed by atoms with Crippen molar-refractivity contribution in [2.75, 3.05) is 0 Å². The van der Waals surface area contributed by atoms with Crippen molar-refractivity contribution in [2.24, 2.45) is 0 Å². The Labute approximate surface area is 265 Å². The summed E-state index contributed by atoms with van der Waals surface area (Å²) in [7, 11) is 0. The lowest BCUT2D eigenvalue weighted by Crippen LogP contribution is -2.03. The van der Waals surface area contributed by atoms with E-state index in [0.29, 0.717) is 0 Å². The fourth-order valence-corrected chi connectivity index (χ4v) is 7.98. The molecule has 7 aromatic carbocycles. The van der Waals surface area contributed by atoms with Gasteiger partial charge < -0.3 is 0 Å². The lowest BCUT2D eigenvalue weighted by Gasteiger charge is -2.20. The van der Waals surface area contributed by atoms with Gasteiger partial charge in [-0.05, 0) is 47.7 Å². The molecule has 2 heterocycles. The Kier molecular flexibility index (Phi) is 5.93. The molecule has 2 aromatic heterocycles. The normalized spacial score (nSPS) is 11.7. The zero-order valence-electron chi connectivity index (χ0n) is 24.7. The maximum absolute atomic E-state index is 5.56. The molecule has 0 bridgehead atoms. The largest absolute Gasteiger partial charge is 0.291 e. The molecule has 2 nitrogen and oxygen atoms in total. The van der Waals surface area contributed by atoms with E-state index in [-0.39, 0.29) is 0 Å². The number of hydrogen-bond donors (Lipinski definition) is 0. The van der Waals surface area contributed by atoms with Gasteiger partial charge in [0.05, 0.1) is 16.7 Å². The van der Waals surface area contributed by atoms with Crippen molar-refractivity contribution >= 4 is 53.3 Å². The summed E-state index contributed by atoms with van der Waals surface area (Å²) in [5.41, 5.74) is 10.4. The Balaban J connectivity index is 1.47. The number of fused-ring (bicyclic) bond motifs is 6. The van der Waals surface area contributed by atoms with Crippen molar-refractivity contribution in [3.63, 3.8) is 0 Å². The van der Waals surface area contributed by atoms with Gasteiger partial charge in [-0.1, -0.05) is 133 Å². The van der Waals surface area contributed by atoms with Gasteiger partial charge >= 0.3 is 0 Å². The zero-order valence-corrected chi connectivity index (χ0v) is 25.6. The molecule has 0 aliphatic heterocycles. The molecule has 0 saturated carbocycles. The van der Waals surface area contributed by atoms with Crippen LogP contribution in [0, 0.1) is 6.92 Å². The standard InChI is InChI=1S/C42H28N2S/c1-27-22-25-38-36(26-27)34-20-11-21-35(41(34)45-38)42-43-39-31-17-9-8-16-30(31)23-24-37(39)44(42)40-32(28-12-4-2-5-13-28)18-10-19-33(40)29-14-6-3-7-15-29/h2-26H,1H3. The predicted molar refractivity (Wildman–Crippen MR) is 193 cm³/mol. The highest BCUT2D eigenvalue weighted by molar-refractivity contribution is 7.26. The predicted octanol–water partition coefficient (Wildman–Crippen LogP) is 11.9. The van der Waals surface area contributed by atoms with Gasteiger partial charge in [-0.3, -0.25) is 4.57 Å². The van der Waals surface area contributed by atoms with Crippen LogP contribution in [0.1, 0.15) is 5.56 Å². The van der Waals surface area contributed by atoms with Crippen LogP contribution in [0.5, 0.6) is 0 Å². The molecular weight excluding hydrogens is 565 g/mol. The van der Waals surface area contributed by atoms with Crippen LogP contribution in [0.3, 0.4) is 0 Å². The van der Waals surface area contributed by atoms with Gasteiger partial charge in [-0.2, -0.15) is 0 Å². The lowest BCUT2D eigenvalue weighted by molar-refractivity contribution is 1.11. The molecule has 45 heavy (non-hydrogen) atoms. The second-order valence-corrected chi connectivity index (χ2v) is 12.7. The molecule has 0 aliphatic rings. The van der Waals surface area contributed by atoms with Gasteiger partial charge in [-0.15, -0.1) is 11.3 Å². The lowest BCUT2D eigenvalue weighted by atomic mass is 9.95.